The number of likely N-dealkylation sites (tertiary alicyclic amines) is 1. The number of aliphatic hydroxyl groups excluding tert-OH is 1. The highest BCUT2D eigenvalue weighted by molar-refractivity contribution is 7.09. The first-order valence-corrected chi connectivity index (χ1v) is 8.99. The van der Waals surface area contributed by atoms with Crippen LogP contribution in [0.3, 0.4) is 0 Å². The monoisotopic (exact) mass is 358 g/mol. The number of rotatable bonds is 7. The van der Waals surface area contributed by atoms with Crippen LogP contribution in [-0.2, 0) is 21.9 Å². The number of piperidine rings is 1. The highest BCUT2D eigenvalue weighted by atomic mass is 35.5. The molecule has 1 aromatic rings. The fourth-order valence-electron chi connectivity index (χ4n) is 2.81. The van der Waals surface area contributed by atoms with E-state index in [4.69, 9.17) is 22.4 Å². The van der Waals surface area contributed by atoms with E-state index in [9.17, 15) is 9.59 Å². The molecule has 1 aromatic heterocycles. The van der Waals surface area contributed by atoms with E-state index in [1.165, 1.54) is 16.2 Å². The molecular formula is C15H21ClN3O3S. The van der Waals surface area contributed by atoms with Gasteiger partial charge >= 0.3 is 0 Å². The first-order valence-electron chi connectivity index (χ1n) is 7.58. The van der Waals surface area contributed by atoms with E-state index in [0.717, 1.165) is 17.1 Å². The number of hydrogen-bond acceptors (Lipinski definition) is 5. The minimum absolute atomic E-state index is 0.0865. The summed E-state index contributed by atoms with van der Waals surface area (Å²) in [7, 11) is 0. The normalized spacial score (nSPS) is 21.4. The van der Waals surface area contributed by atoms with Crippen LogP contribution < -0.4 is 5.73 Å². The third-order valence-electron chi connectivity index (χ3n) is 4.05. The molecule has 6 nitrogen and oxygen atoms in total. The van der Waals surface area contributed by atoms with Crippen molar-refractivity contribution in [3.63, 3.8) is 0 Å². The molecular weight excluding hydrogens is 338 g/mol. The number of halogens is 1. The Kier molecular flexibility index (Phi) is 6.80. The van der Waals surface area contributed by atoms with Crippen molar-refractivity contribution in [2.24, 2.45) is 11.7 Å². The Labute approximate surface area is 144 Å². The maximum absolute atomic E-state index is 12.4. The third-order valence-corrected chi connectivity index (χ3v) is 5.24. The average Bonchev–Trinajstić information content (AvgIpc) is 3.01. The van der Waals surface area contributed by atoms with Gasteiger partial charge in [-0.3, -0.25) is 9.59 Å². The Morgan fingerprint density at radius 1 is 1.57 bits per heavy atom. The topological polar surface area (TPSA) is 96.5 Å². The predicted molar refractivity (Wildman–Crippen MR) is 88.8 cm³/mol. The Morgan fingerprint density at radius 2 is 2.35 bits per heavy atom. The summed E-state index contributed by atoms with van der Waals surface area (Å²) in [6.45, 7) is 0.571. The van der Waals surface area contributed by atoms with Gasteiger partial charge < -0.3 is 15.7 Å². The quantitative estimate of drug-likeness (QED) is 0.713. The van der Waals surface area contributed by atoms with Gasteiger partial charge in [-0.15, -0.1) is 22.9 Å². The van der Waals surface area contributed by atoms with Gasteiger partial charge in [-0.25, -0.2) is 4.98 Å². The van der Waals surface area contributed by atoms with E-state index in [1.54, 1.807) is 6.42 Å². The van der Waals surface area contributed by atoms with Gasteiger partial charge in [0.25, 0.3) is 0 Å². The zero-order valence-corrected chi connectivity index (χ0v) is 14.4. The molecule has 0 aromatic carbocycles. The van der Waals surface area contributed by atoms with Gasteiger partial charge in [-0.2, -0.15) is 0 Å². The number of hydrogen-bond donors (Lipinski definition) is 2. The van der Waals surface area contributed by atoms with Gasteiger partial charge in [0.15, 0.2) is 0 Å². The van der Waals surface area contributed by atoms with Gasteiger partial charge in [0.2, 0.25) is 11.8 Å². The fraction of sp³-hybridized carbons (Fsp3) is 0.600. The lowest BCUT2D eigenvalue weighted by Gasteiger charge is -2.37. The summed E-state index contributed by atoms with van der Waals surface area (Å²) >= 11 is 7.17. The lowest BCUT2D eigenvalue weighted by molar-refractivity contribution is -0.139. The number of aromatic nitrogens is 1. The van der Waals surface area contributed by atoms with Gasteiger partial charge in [0, 0.05) is 25.0 Å². The lowest BCUT2D eigenvalue weighted by atomic mass is 9.88. The molecule has 3 N–H and O–H groups in total. The molecule has 2 heterocycles. The summed E-state index contributed by atoms with van der Waals surface area (Å²) in [5.74, 6) is -0.106. The molecule has 0 aliphatic carbocycles. The number of thiazole rings is 1. The molecule has 8 heteroatoms. The summed E-state index contributed by atoms with van der Waals surface area (Å²) < 4.78 is 0. The van der Waals surface area contributed by atoms with Crippen LogP contribution in [0.1, 0.15) is 30.0 Å². The number of primary amides is 1. The Bertz CT molecular complexity index is 552. The predicted octanol–water partition coefficient (Wildman–Crippen LogP) is 1.10. The Balaban J connectivity index is 1.92. The van der Waals surface area contributed by atoms with Crippen LogP contribution >= 0.6 is 22.9 Å². The molecule has 127 valence electrons. The van der Waals surface area contributed by atoms with Crippen LogP contribution in [0.15, 0.2) is 5.38 Å². The first kappa shape index (κ1) is 18.2. The van der Waals surface area contributed by atoms with Crippen molar-refractivity contribution in [1.82, 2.24) is 9.88 Å². The molecule has 23 heavy (non-hydrogen) atoms. The number of nitrogens with zero attached hydrogens (tertiary/aromatic N) is 2. The van der Waals surface area contributed by atoms with Crippen molar-refractivity contribution in [3.05, 3.63) is 22.5 Å². The zero-order chi connectivity index (χ0) is 16.8. The van der Waals surface area contributed by atoms with Crippen LogP contribution in [0.25, 0.3) is 0 Å². The molecule has 2 rings (SSSR count). The van der Waals surface area contributed by atoms with Crippen LogP contribution in [0.5, 0.6) is 0 Å². The molecule has 2 unspecified atom stereocenters. The maximum Gasteiger partial charge on any atom is 0.240 e. The van der Waals surface area contributed by atoms with Crippen molar-refractivity contribution in [3.8, 4) is 0 Å². The largest absolute Gasteiger partial charge is 0.396 e. The second-order valence-electron chi connectivity index (χ2n) is 5.63. The molecule has 1 aliphatic rings. The van der Waals surface area contributed by atoms with Crippen molar-refractivity contribution in [1.29, 1.82) is 0 Å². The van der Waals surface area contributed by atoms with Gasteiger partial charge in [0.1, 0.15) is 6.04 Å². The lowest BCUT2D eigenvalue weighted by Crippen LogP contribution is -2.52. The van der Waals surface area contributed by atoms with E-state index in [1.807, 2.05) is 5.38 Å². The minimum atomic E-state index is -0.598. The summed E-state index contributed by atoms with van der Waals surface area (Å²) in [4.78, 5) is 29.9. The summed E-state index contributed by atoms with van der Waals surface area (Å²) in [5, 5.41) is 11.7. The zero-order valence-electron chi connectivity index (χ0n) is 12.8. The Morgan fingerprint density at radius 3 is 2.96 bits per heavy atom. The molecule has 0 spiro atoms. The van der Waals surface area contributed by atoms with Crippen molar-refractivity contribution in [2.75, 3.05) is 13.2 Å². The van der Waals surface area contributed by atoms with Crippen molar-refractivity contribution < 1.29 is 14.7 Å². The highest BCUT2D eigenvalue weighted by Gasteiger charge is 2.34. The van der Waals surface area contributed by atoms with Crippen LogP contribution in [0.4, 0.5) is 0 Å². The molecule has 2 atom stereocenters. The summed E-state index contributed by atoms with van der Waals surface area (Å²) in [5.41, 5.74) is 6.25. The van der Waals surface area contributed by atoms with E-state index < -0.39 is 11.9 Å². The molecule has 1 aliphatic heterocycles. The second-order valence-corrected chi connectivity index (χ2v) is 6.84. The molecule has 1 radical (unpaired) electrons. The van der Waals surface area contributed by atoms with Gasteiger partial charge in [-0.1, -0.05) is 0 Å². The van der Waals surface area contributed by atoms with E-state index >= 15 is 0 Å². The maximum atomic E-state index is 12.4. The van der Waals surface area contributed by atoms with Crippen molar-refractivity contribution in [2.45, 2.75) is 37.6 Å². The standard InChI is InChI=1S/C15H21ClN3O3S/c16-8-11-9-23-13(18-11)1-2-14(21)19-5-3-10(4-6-20)7-12(19)15(17)22/h2,9-10,12,20H,1,3-8H2,(H2,17,22). The molecule has 0 saturated carbocycles. The second kappa shape index (κ2) is 8.61. The SMILES string of the molecule is NC(=O)C1CC(CCO)CCN1C(=O)[CH]Cc1nc(CCl)cs1. The molecule has 0 bridgehead atoms. The Hall–Kier alpha value is -1.18. The molecule has 1 fully saturated rings. The van der Waals surface area contributed by atoms with Gasteiger partial charge in [0.05, 0.1) is 23.0 Å². The first-order chi connectivity index (χ1) is 11.0. The van der Waals surface area contributed by atoms with Crippen LogP contribution in [0, 0.1) is 12.3 Å². The number of alkyl halides is 1. The molecule has 1 saturated heterocycles. The smallest absolute Gasteiger partial charge is 0.240 e. The average molecular weight is 359 g/mol. The van der Waals surface area contributed by atoms with Crippen molar-refractivity contribution >= 4 is 34.8 Å². The number of aliphatic hydroxyl groups is 1. The van der Waals surface area contributed by atoms with E-state index in [-0.39, 0.29) is 18.4 Å². The summed E-state index contributed by atoms with van der Waals surface area (Å²) in [6, 6.07) is -0.598. The number of carbonyl (C=O) groups is 2. The number of carbonyl (C=O) groups excluding carboxylic acids is 2. The van der Waals surface area contributed by atoms with Gasteiger partial charge in [-0.05, 0) is 25.2 Å². The van der Waals surface area contributed by atoms with Crippen LogP contribution in [0.2, 0.25) is 0 Å². The fourth-order valence-corrected chi connectivity index (χ4v) is 3.80. The molecule has 2 amide bonds. The van der Waals surface area contributed by atoms with E-state index in [2.05, 4.69) is 4.98 Å². The number of nitrogens with two attached hydrogens (primary N) is 1. The number of amides is 2. The third kappa shape index (κ3) is 4.89. The summed E-state index contributed by atoms with van der Waals surface area (Å²) in [6.07, 6.45) is 3.89. The highest BCUT2D eigenvalue weighted by Crippen LogP contribution is 2.26. The minimum Gasteiger partial charge on any atom is -0.396 e. The van der Waals surface area contributed by atoms with E-state index in [0.29, 0.717) is 31.7 Å². The van der Waals surface area contributed by atoms with Crippen LogP contribution in [-0.4, -0.2) is 46.0 Å².